The Kier molecular flexibility index (Phi) is 43.9. The molecule has 3 saturated heterocycles. The van der Waals surface area contributed by atoms with Crippen LogP contribution in [0.15, 0.2) is 78.9 Å². The van der Waals surface area contributed by atoms with E-state index in [2.05, 4.69) is 79.8 Å². The van der Waals surface area contributed by atoms with Gasteiger partial charge in [0.05, 0.1) is 0 Å². The van der Waals surface area contributed by atoms with E-state index in [1.165, 1.54) is 34.1 Å². The van der Waals surface area contributed by atoms with Gasteiger partial charge in [0.25, 0.3) is 0 Å². The second-order valence-electron chi connectivity index (χ2n) is 34.1. The van der Waals surface area contributed by atoms with E-state index in [0.29, 0.717) is 36.8 Å². The van der Waals surface area contributed by atoms with Gasteiger partial charge in [-0.1, -0.05) is 108 Å². The second-order valence-corrected chi connectivity index (χ2v) is 34.1. The summed E-state index contributed by atoms with van der Waals surface area (Å²) in [7, 11) is 0. The Labute approximate surface area is 748 Å². The van der Waals surface area contributed by atoms with Crippen LogP contribution in [0.2, 0.25) is 0 Å². The number of rotatable bonds is 34. The zero-order valence-electron chi connectivity index (χ0n) is 74.6. The lowest BCUT2D eigenvalue weighted by Gasteiger charge is -2.34. The van der Waals surface area contributed by atoms with Crippen LogP contribution >= 0.6 is 0 Å². The van der Waals surface area contributed by atoms with E-state index in [0.717, 1.165) is 11.1 Å². The van der Waals surface area contributed by atoms with Crippen molar-refractivity contribution in [3.8, 4) is 16.9 Å². The van der Waals surface area contributed by atoms with Gasteiger partial charge in [-0.25, -0.2) is 0 Å². The van der Waals surface area contributed by atoms with Gasteiger partial charge in [0, 0.05) is 52.1 Å². The molecule has 13 atom stereocenters. The Morgan fingerprint density at radius 1 is 0.359 bits per heavy atom. The predicted molar refractivity (Wildman–Crippen MR) is 484 cm³/mol. The Hall–Kier alpha value is -12.4. The summed E-state index contributed by atoms with van der Waals surface area (Å²) >= 11 is 0. The fourth-order valence-electron chi connectivity index (χ4n) is 15.6. The molecule has 0 radical (unpaired) electrons. The third-order valence-electron chi connectivity index (χ3n) is 22.3. The van der Waals surface area contributed by atoms with E-state index in [1.807, 2.05) is 56.3 Å². The number of hydrogen-bond acceptors (Lipinski definition) is 20. The van der Waals surface area contributed by atoms with Gasteiger partial charge in [0.15, 0.2) is 23.8 Å². The first kappa shape index (κ1) is 104. The minimum Gasteiger partial charge on any atom is -0.508 e. The van der Waals surface area contributed by atoms with Gasteiger partial charge in [0.2, 0.25) is 76.8 Å². The summed E-state index contributed by atoms with van der Waals surface area (Å²) in [5.74, 6) is -13.7. The van der Waals surface area contributed by atoms with Crippen LogP contribution < -0.4 is 114 Å². The van der Waals surface area contributed by atoms with Crippen molar-refractivity contribution in [2.45, 2.75) is 261 Å². The highest BCUT2D eigenvalue weighted by atomic mass is 16.3. The summed E-state index contributed by atoms with van der Waals surface area (Å²) in [6.07, 6.45) is 1.28. The van der Waals surface area contributed by atoms with E-state index >= 15 is 43.2 Å². The number of benzene rings is 3. The SMILES string of the molecule is CC(C)C[C@@H]1NC(=O)[C@H](CCCNC(=N)N)NC(=O)[C@H](CC(C)C)NC(=O)[C@@H]2CCCN2C(=O)[C@H]2CCCN2C(=O)[C@H](C(C)C)NC(=O)[C@H](CCCNC(=N)N)NC(=O)[C@H](Cc2ccc(O)cc2)NC(=O)[C@H](Cc2ccc(-c3ccccc3)cc2)NC(=O)[C@H](CCCNC(=N)N)NC(=O)[C@H](CCCNC(=N)N)NC(=O)[C@H](CCCCN)NC(=O)[C@H](CCCCN)NC1=O. The molecule has 0 aliphatic carbocycles. The van der Waals surface area contributed by atoms with Crippen LogP contribution in [0.25, 0.3) is 11.1 Å². The molecule has 6 rings (SSSR count). The number of nitrogens with one attached hydrogen (secondary N) is 19. The Morgan fingerprint density at radius 3 is 0.992 bits per heavy atom. The van der Waals surface area contributed by atoms with Crippen molar-refractivity contribution in [3.05, 3.63) is 90.0 Å². The number of nitrogens with zero attached hydrogens (tertiary/aromatic N) is 2. The molecule has 128 heavy (non-hydrogen) atoms. The molecular weight excluding hydrogens is 1650 g/mol. The van der Waals surface area contributed by atoms with Crippen LogP contribution in [-0.2, 0) is 75.2 Å². The van der Waals surface area contributed by atoms with Gasteiger partial charge in [-0.05, 0) is 194 Å². The largest absolute Gasteiger partial charge is 0.508 e. The van der Waals surface area contributed by atoms with Crippen LogP contribution in [-0.4, -0.2) is 246 Å². The molecule has 3 aromatic carbocycles. The lowest BCUT2D eigenvalue weighted by Crippen LogP contribution is -2.61. The second kappa shape index (κ2) is 53.9. The fraction of sp³-hybridized carbons (Fsp3) is 0.598. The number of carbonyl (C=O) groups is 13. The Morgan fingerprint density at radius 2 is 0.648 bits per heavy atom. The summed E-state index contributed by atoms with van der Waals surface area (Å²) < 4.78 is 0. The maximum Gasteiger partial charge on any atom is 0.246 e. The van der Waals surface area contributed by atoms with Crippen molar-refractivity contribution in [1.29, 1.82) is 21.6 Å². The van der Waals surface area contributed by atoms with Crippen molar-refractivity contribution in [2.24, 2.45) is 52.2 Å². The summed E-state index contributed by atoms with van der Waals surface area (Å²) in [5, 5.41) is 83.5. The lowest BCUT2D eigenvalue weighted by atomic mass is 9.98. The van der Waals surface area contributed by atoms with E-state index in [4.69, 9.17) is 56.0 Å². The highest BCUT2D eigenvalue weighted by molar-refractivity contribution is 6.01. The molecular formula is C87H139N27O14. The minimum absolute atomic E-state index is 0.00458. The van der Waals surface area contributed by atoms with Crippen molar-refractivity contribution in [2.75, 3.05) is 52.4 Å². The number of aromatic hydroxyl groups is 1. The molecule has 41 heteroatoms. The first-order valence-electron chi connectivity index (χ1n) is 44.6. The third-order valence-corrected chi connectivity index (χ3v) is 22.3. The van der Waals surface area contributed by atoms with Crippen LogP contribution in [0.4, 0.5) is 0 Å². The number of phenols is 1. The molecule has 3 aliphatic heterocycles. The average molecular weight is 1790 g/mol. The number of unbranched alkanes of at least 4 members (excludes halogenated alkanes) is 2. The van der Waals surface area contributed by atoms with Crippen LogP contribution in [0.3, 0.4) is 0 Å². The number of guanidine groups is 4. The fourth-order valence-corrected chi connectivity index (χ4v) is 15.6. The van der Waals surface area contributed by atoms with Crippen LogP contribution in [0.1, 0.15) is 181 Å². The van der Waals surface area contributed by atoms with Crippen molar-refractivity contribution >= 4 is 101 Å². The van der Waals surface area contributed by atoms with E-state index in [9.17, 15) is 24.3 Å². The molecule has 3 fully saturated rings. The molecule has 706 valence electrons. The zero-order valence-corrected chi connectivity index (χ0v) is 74.6. The van der Waals surface area contributed by atoms with E-state index < -0.39 is 179 Å². The minimum atomic E-state index is -1.61. The number of fused-ring (bicyclic) bond motifs is 2. The number of carbonyl (C=O) groups excluding carboxylic acids is 13. The van der Waals surface area contributed by atoms with E-state index in [-0.39, 0.29) is 191 Å². The zero-order chi connectivity index (χ0) is 94.1. The normalized spacial score (nSPS) is 23.4. The molecule has 0 bridgehead atoms. The van der Waals surface area contributed by atoms with Crippen molar-refractivity contribution < 1.29 is 67.4 Å². The quantitative estimate of drug-likeness (QED) is 0.0179. The number of hydrogen-bond donors (Lipinski definition) is 26. The van der Waals surface area contributed by atoms with Crippen molar-refractivity contribution in [1.82, 2.24) is 89.6 Å². The third kappa shape index (κ3) is 35.4. The molecule has 0 spiro atoms. The van der Waals surface area contributed by atoms with Crippen molar-refractivity contribution in [3.63, 3.8) is 0 Å². The number of amides is 13. The smallest absolute Gasteiger partial charge is 0.246 e. The molecule has 13 amide bonds. The number of nitrogens with two attached hydrogens (primary N) is 6. The standard InChI is InChI=1S/C87H139N27O14/c1-50(2)46-64-77(122)105-59(23-11-13-39-89)72(117)102-58(22-10-12-38-88)71(116)103-60(24-14-40-98-84(90)91)73(118)104-61(25-15-41-99-85(92)93)75(120)109-67(48-53-30-34-56(35-31-53)55-20-8-7-9-21-55)80(125)110-66(49-54-32-36-57(115)37-33-54)79(124)107-63(27-17-43-101-87(96)97)76(121)112-70(52(5)6)83(128)114-45-19-29-69(114)82(127)113-44-18-28-68(113)81(126)111-65(47-51(3)4)78(123)106-62(74(119)108-64)26-16-42-100-86(94)95/h7-9,20-21,30-37,50-52,58-70,115H,10-19,22-29,38-49,88-89H2,1-6H3,(H,102,117)(H,103,116)(H,104,118)(H,105,122)(H,106,123)(H,107,124)(H,108,119)(H,109,120)(H,110,125)(H,111,126)(H,112,121)(H4,90,91,98)(H4,92,93,99)(H4,94,95,100)(H4,96,97,101)/t58-,59-,60-,61-,62-,63-,64-,65-,66-,67-,68-,69+,70-/m0/s1. The van der Waals surface area contributed by atoms with Crippen LogP contribution in [0, 0.1) is 39.4 Å². The van der Waals surface area contributed by atoms with Gasteiger partial charge < -0.3 is 129 Å². The predicted octanol–water partition coefficient (Wildman–Crippen LogP) is -1.77. The van der Waals surface area contributed by atoms with Gasteiger partial charge in [-0.3, -0.25) is 84.0 Å². The molecule has 0 aromatic heterocycles. The summed E-state index contributed by atoms with van der Waals surface area (Å²) in [4.78, 5) is 200. The Balaban J connectivity index is 1.53. The summed E-state index contributed by atoms with van der Waals surface area (Å²) in [6, 6.07) is 3.77. The average Bonchev–Trinajstić information content (AvgIpc) is 1.65. The molecule has 3 aromatic rings. The van der Waals surface area contributed by atoms with Gasteiger partial charge in [0.1, 0.15) is 84.3 Å². The summed E-state index contributed by atoms with van der Waals surface area (Å²) in [5.41, 5.74) is 37.2. The van der Waals surface area contributed by atoms with Gasteiger partial charge in [-0.2, -0.15) is 0 Å². The molecule has 3 aliphatic rings. The molecule has 32 N–H and O–H groups in total. The Bertz CT molecular complexity index is 4220. The highest BCUT2D eigenvalue weighted by Crippen LogP contribution is 2.28. The molecule has 41 nitrogen and oxygen atoms in total. The van der Waals surface area contributed by atoms with E-state index in [1.54, 1.807) is 39.8 Å². The van der Waals surface area contributed by atoms with Gasteiger partial charge >= 0.3 is 0 Å². The van der Waals surface area contributed by atoms with Gasteiger partial charge in [-0.15, -0.1) is 0 Å². The first-order chi connectivity index (χ1) is 61.0. The topological polar surface area (TPSA) is 681 Å². The monoisotopic (exact) mass is 1790 g/mol. The first-order valence-corrected chi connectivity index (χ1v) is 44.6. The maximum atomic E-state index is 15.7. The molecule has 0 saturated carbocycles. The number of phenolic OH excluding ortho intramolecular Hbond substituents is 1. The molecule has 0 unspecified atom stereocenters. The lowest BCUT2D eigenvalue weighted by molar-refractivity contribution is -0.148. The molecule has 3 heterocycles. The summed E-state index contributed by atoms with van der Waals surface area (Å²) in [6.45, 7) is 11.2. The van der Waals surface area contributed by atoms with Crippen LogP contribution in [0.5, 0.6) is 5.75 Å². The maximum absolute atomic E-state index is 15.7. The highest BCUT2D eigenvalue weighted by Gasteiger charge is 2.46.